The molecule has 0 amide bonds. The van der Waals surface area contributed by atoms with Crippen LogP contribution in [0, 0.1) is 0 Å². The van der Waals surface area contributed by atoms with Crippen LogP contribution in [0.25, 0.3) is 0 Å². The normalized spacial score (nSPS) is 20.9. The molecular formula is C10H14N2O4. The van der Waals surface area contributed by atoms with Crippen molar-refractivity contribution in [2.24, 2.45) is 0 Å². The fourth-order valence-electron chi connectivity index (χ4n) is 1.55. The van der Waals surface area contributed by atoms with Crippen molar-refractivity contribution in [1.29, 1.82) is 0 Å². The third kappa shape index (κ3) is 2.66. The second-order valence-corrected chi connectivity index (χ2v) is 3.49. The molecule has 1 aromatic heterocycles. The number of ether oxygens (including phenoxy) is 3. The van der Waals surface area contributed by atoms with Crippen molar-refractivity contribution < 1.29 is 14.2 Å². The minimum absolute atomic E-state index is 0.203. The van der Waals surface area contributed by atoms with E-state index >= 15 is 0 Å². The Labute approximate surface area is 92.6 Å². The zero-order valence-corrected chi connectivity index (χ0v) is 9.06. The minimum Gasteiger partial charge on any atom is -0.378 e. The van der Waals surface area contributed by atoms with E-state index in [9.17, 15) is 4.79 Å². The molecular weight excluding hydrogens is 212 g/mol. The molecule has 2 heterocycles. The maximum atomic E-state index is 11.4. The number of nitrogens with one attached hydrogen (secondary N) is 1. The Bertz CT molecular complexity index is 398. The standard InChI is InChI=1S/C10H14N2O4/c1-14-5-7-4-9(13)12-10(11-7)8-6-15-2-3-16-8/h4,8H,2-3,5-6H2,1H3,(H,11,12,13). The van der Waals surface area contributed by atoms with Gasteiger partial charge < -0.3 is 19.2 Å². The molecule has 0 aromatic carbocycles. The molecule has 1 N–H and O–H groups in total. The Kier molecular flexibility index (Phi) is 3.66. The first-order valence-corrected chi connectivity index (χ1v) is 5.08. The van der Waals surface area contributed by atoms with Crippen LogP contribution in [-0.2, 0) is 20.8 Å². The average molecular weight is 226 g/mol. The van der Waals surface area contributed by atoms with Crippen LogP contribution in [0.15, 0.2) is 10.9 Å². The predicted octanol–water partition coefficient (Wildman–Crippen LogP) is 0.00420. The van der Waals surface area contributed by atoms with Gasteiger partial charge in [-0.15, -0.1) is 0 Å². The maximum Gasteiger partial charge on any atom is 0.251 e. The van der Waals surface area contributed by atoms with Crippen molar-refractivity contribution in [3.63, 3.8) is 0 Å². The first kappa shape index (κ1) is 11.3. The van der Waals surface area contributed by atoms with Gasteiger partial charge in [0.1, 0.15) is 11.9 Å². The number of rotatable bonds is 3. The summed E-state index contributed by atoms with van der Waals surface area (Å²) in [6.07, 6.45) is -0.293. The fourth-order valence-corrected chi connectivity index (χ4v) is 1.55. The average Bonchev–Trinajstić information content (AvgIpc) is 2.30. The zero-order chi connectivity index (χ0) is 11.4. The van der Waals surface area contributed by atoms with Gasteiger partial charge in [0.2, 0.25) is 0 Å². The number of hydrogen-bond donors (Lipinski definition) is 1. The Morgan fingerprint density at radius 2 is 2.50 bits per heavy atom. The first-order valence-electron chi connectivity index (χ1n) is 5.08. The Morgan fingerprint density at radius 3 is 3.19 bits per heavy atom. The van der Waals surface area contributed by atoms with E-state index in [4.69, 9.17) is 14.2 Å². The molecule has 16 heavy (non-hydrogen) atoms. The molecule has 1 fully saturated rings. The number of aromatic nitrogens is 2. The molecule has 2 rings (SSSR count). The van der Waals surface area contributed by atoms with Crippen molar-refractivity contribution in [1.82, 2.24) is 9.97 Å². The summed E-state index contributed by atoms with van der Waals surface area (Å²) in [5.41, 5.74) is 0.390. The van der Waals surface area contributed by atoms with E-state index in [1.54, 1.807) is 7.11 Å². The number of aromatic amines is 1. The molecule has 0 saturated carbocycles. The van der Waals surface area contributed by atoms with Crippen LogP contribution in [-0.4, -0.2) is 36.9 Å². The molecule has 1 atom stereocenters. The van der Waals surface area contributed by atoms with E-state index in [1.165, 1.54) is 6.07 Å². The molecule has 88 valence electrons. The summed E-state index contributed by atoms with van der Waals surface area (Å²) < 4.78 is 15.6. The lowest BCUT2D eigenvalue weighted by Crippen LogP contribution is -2.26. The highest BCUT2D eigenvalue weighted by Gasteiger charge is 2.19. The van der Waals surface area contributed by atoms with Crippen LogP contribution in [0.4, 0.5) is 0 Å². The van der Waals surface area contributed by atoms with Crippen molar-refractivity contribution in [3.8, 4) is 0 Å². The van der Waals surface area contributed by atoms with Crippen LogP contribution in [0.5, 0.6) is 0 Å². The van der Waals surface area contributed by atoms with E-state index in [2.05, 4.69) is 9.97 Å². The van der Waals surface area contributed by atoms with Crippen molar-refractivity contribution in [3.05, 3.63) is 27.9 Å². The van der Waals surface area contributed by atoms with Gasteiger partial charge in [0.25, 0.3) is 5.56 Å². The summed E-state index contributed by atoms with van der Waals surface area (Å²) >= 11 is 0. The highest BCUT2D eigenvalue weighted by atomic mass is 16.6. The molecule has 0 aliphatic carbocycles. The second kappa shape index (κ2) is 5.20. The van der Waals surface area contributed by atoms with E-state index in [-0.39, 0.29) is 11.7 Å². The summed E-state index contributed by atoms with van der Waals surface area (Å²) in [6.45, 7) is 1.82. The molecule has 1 aliphatic heterocycles. The molecule has 1 saturated heterocycles. The Morgan fingerprint density at radius 1 is 1.62 bits per heavy atom. The molecule has 1 unspecified atom stereocenters. The maximum absolute atomic E-state index is 11.4. The highest BCUT2D eigenvalue weighted by Crippen LogP contribution is 2.16. The number of methoxy groups -OCH3 is 1. The summed E-state index contributed by atoms with van der Waals surface area (Å²) in [6, 6.07) is 1.41. The van der Waals surface area contributed by atoms with Crippen molar-refractivity contribution in [2.45, 2.75) is 12.7 Å². The van der Waals surface area contributed by atoms with Gasteiger partial charge in [0.05, 0.1) is 32.1 Å². The third-order valence-corrected chi connectivity index (χ3v) is 2.23. The molecule has 6 nitrogen and oxygen atoms in total. The van der Waals surface area contributed by atoms with E-state index in [0.717, 1.165) is 0 Å². The van der Waals surface area contributed by atoms with E-state index in [1.807, 2.05) is 0 Å². The van der Waals surface area contributed by atoms with Gasteiger partial charge in [-0.25, -0.2) is 4.98 Å². The zero-order valence-electron chi connectivity index (χ0n) is 9.06. The number of nitrogens with zero attached hydrogens (tertiary/aromatic N) is 1. The first-order chi connectivity index (χ1) is 7.79. The van der Waals surface area contributed by atoms with Crippen LogP contribution in [0.3, 0.4) is 0 Å². The molecule has 0 bridgehead atoms. The molecule has 0 spiro atoms. The van der Waals surface area contributed by atoms with Crippen LogP contribution < -0.4 is 5.56 Å². The lowest BCUT2D eigenvalue weighted by Gasteiger charge is -2.22. The lowest BCUT2D eigenvalue weighted by atomic mass is 10.3. The summed E-state index contributed by atoms with van der Waals surface area (Å²) in [5.74, 6) is 0.499. The molecule has 0 radical (unpaired) electrons. The summed E-state index contributed by atoms with van der Waals surface area (Å²) in [5, 5.41) is 0. The SMILES string of the molecule is COCc1cc(=O)[nH]c(C2COCCO2)n1. The predicted molar refractivity (Wildman–Crippen MR) is 55.1 cm³/mol. The molecule has 6 heteroatoms. The van der Waals surface area contributed by atoms with Gasteiger partial charge in [-0.2, -0.15) is 0 Å². The van der Waals surface area contributed by atoms with E-state index < -0.39 is 0 Å². The minimum atomic E-state index is -0.293. The van der Waals surface area contributed by atoms with Gasteiger partial charge in [-0.3, -0.25) is 4.79 Å². The second-order valence-electron chi connectivity index (χ2n) is 3.49. The van der Waals surface area contributed by atoms with E-state index in [0.29, 0.717) is 37.9 Å². The topological polar surface area (TPSA) is 73.4 Å². The third-order valence-electron chi connectivity index (χ3n) is 2.23. The number of H-pyrrole nitrogens is 1. The Balaban J connectivity index is 2.21. The van der Waals surface area contributed by atoms with Gasteiger partial charge in [0.15, 0.2) is 0 Å². The lowest BCUT2D eigenvalue weighted by molar-refractivity contribution is -0.0937. The Hall–Kier alpha value is -1.24. The molecule has 1 aromatic rings. The fraction of sp³-hybridized carbons (Fsp3) is 0.600. The molecule has 1 aliphatic rings. The quantitative estimate of drug-likeness (QED) is 0.785. The van der Waals surface area contributed by atoms with Crippen LogP contribution in [0.1, 0.15) is 17.6 Å². The highest BCUT2D eigenvalue weighted by molar-refractivity contribution is 5.04. The number of hydrogen-bond acceptors (Lipinski definition) is 5. The van der Waals surface area contributed by atoms with Gasteiger partial charge in [-0.05, 0) is 0 Å². The van der Waals surface area contributed by atoms with Crippen molar-refractivity contribution in [2.75, 3.05) is 26.9 Å². The van der Waals surface area contributed by atoms with Gasteiger partial charge in [-0.1, -0.05) is 0 Å². The van der Waals surface area contributed by atoms with Gasteiger partial charge in [0, 0.05) is 13.2 Å². The van der Waals surface area contributed by atoms with Gasteiger partial charge >= 0.3 is 0 Å². The van der Waals surface area contributed by atoms with Crippen molar-refractivity contribution >= 4 is 0 Å². The smallest absolute Gasteiger partial charge is 0.251 e. The monoisotopic (exact) mass is 226 g/mol. The summed E-state index contributed by atoms with van der Waals surface area (Å²) in [4.78, 5) is 18.3. The summed E-state index contributed by atoms with van der Waals surface area (Å²) in [7, 11) is 1.56. The van der Waals surface area contributed by atoms with Crippen LogP contribution >= 0.6 is 0 Å². The largest absolute Gasteiger partial charge is 0.378 e. The van der Waals surface area contributed by atoms with Crippen LogP contribution in [0.2, 0.25) is 0 Å².